The number of anilines is 1. The summed E-state index contributed by atoms with van der Waals surface area (Å²) in [6, 6.07) is 4.96. The third kappa shape index (κ3) is 2.85. The van der Waals surface area contributed by atoms with Gasteiger partial charge in [0.1, 0.15) is 5.82 Å². The van der Waals surface area contributed by atoms with E-state index in [0.29, 0.717) is 4.88 Å². The summed E-state index contributed by atoms with van der Waals surface area (Å²) in [6.45, 7) is 3.79. The number of aromatic carboxylic acids is 1. The van der Waals surface area contributed by atoms with Crippen LogP contribution in [-0.2, 0) is 0 Å². The van der Waals surface area contributed by atoms with E-state index in [2.05, 4.69) is 5.32 Å². The molecule has 1 amide bonds. The van der Waals surface area contributed by atoms with Gasteiger partial charge in [-0.3, -0.25) is 4.79 Å². The molecule has 20 heavy (non-hydrogen) atoms. The number of nitrogens with one attached hydrogen (secondary N) is 1. The fourth-order valence-corrected chi connectivity index (χ4v) is 2.60. The number of hydrogen-bond acceptors (Lipinski definition) is 3. The highest BCUT2D eigenvalue weighted by molar-refractivity contribution is 7.14. The molecule has 1 heterocycles. The molecule has 0 fully saturated rings. The van der Waals surface area contributed by atoms with Crippen LogP contribution >= 0.6 is 11.3 Å². The Bertz CT molecular complexity index is 674. The van der Waals surface area contributed by atoms with Gasteiger partial charge in [-0.2, -0.15) is 0 Å². The van der Waals surface area contributed by atoms with E-state index in [-0.39, 0.29) is 11.3 Å². The third-order valence-electron chi connectivity index (χ3n) is 2.85. The van der Waals surface area contributed by atoms with Gasteiger partial charge in [0, 0.05) is 4.88 Å². The smallest absolute Gasteiger partial charge is 0.337 e. The normalized spacial score (nSPS) is 10.3. The predicted octanol–water partition coefficient (Wildman–Crippen LogP) is 3.45. The van der Waals surface area contributed by atoms with E-state index >= 15 is 0 Å². The molecule has 0 saturated heterocycles. The molecule has 0 radical (unpaired) electrons. The minimum atomic E-state index is -1.29. The Balaban J connectivity index is 2.30. The molecule has 1 aromatic heterocycles. The number of hydrogen-bond donors (Lipinski definition) is 2. The van der Waals surface area contributed by atoms with Crippen molar-refractivity contribution in [2.75, 3.05) is 5.32 Å². The second-order valence-electron chi connectivity index (χ2n) is 4.30. The van der Waals surface area contributed by atoms with Crippen LogP contribution in [0.3, 0.4) is 0 Å². The van der Waals surface area contributed by atoms with Gasteiger partial charge < -0.3 is 10.4 Å². The van der Waals surface area contributed by atoms with Gasteiger partial charge in [-0.25, -0.2) is 9.18 Å². The molecule has 6 heteroatoms. The fraction of sp³-hybridized carbons (Fsp3) is 0.143. The van der Waals surface area contributed by atoms with Crippen molar-refractivity contribution in [2.24, 2.45) is 0 Å². The van der Waals surface area contributed by atoms with Crippen LogP contribution < -0.4 is 5.32 Å². The van der Waals surface area contributed by atoms with Crippen LogP contribution in [0.15, 0.2) is 24.3 Å². The summed E-state index contributed by atoms with van der Waals surface area (Å²) in [6.07, 6.45) is 0. The molecule has 104 valence electrons. The molecular weight excluding hydrogens is 281 g/mol. The average Bonchev–Trinajstić information content (AvgIpc) is 2.71. The summed E-state index contributed by atoms with van der Waals surface area (Å²) >= 11 is 1.33. The maximum absolute atomic E-state index is 13.1. The summed E-state index contributed by atoms with van der Waals surface area (Å²) in [7, 11) is 0. The first kappa shape index (κ1) is 14.2. The maximum atomic E-state index is 13.1. The molecule has 0 aliphatic heterocycles. The monoisotopic (exact) mass is 293 g/mol. The Kier molecular flexibility index (Phi) is 3.85. The Labute approximate surface area is 118 Å². The number of carbonyl (C=O) groups is 2. The predicted molar refractivity (Wildman–Crippen MR) is 75.1 cm³/mol. The van der Waals surface area contributed by atoms with Crippen molar-refractivity contribution in [1.82, 2.24) is 0 Å². The number of rotatable bonds is 3. The number of benzene rings is 1. The minimum absolute atomic E-state index is 0.0765. The topological polar surface area (TPSA) is 66.4 Å². The average molecular weight is 293 g/mol. The first-order valence-corrected chi connectivity index (χ1v) is 6.61. The summed E-state index contributed by atoms with van der Waals surface area (Å²) in [5.41, 5.74) is 0.800. The van der Waals surface area contributed by atoms with E-state index in [1.54, 1.807) is 6.07 Å². The van der Waals surface area contributed by atoms with Gasteiger partial charge >= 0.3 is 5.97 Å². The second-order valence-corrected chi connectivity index (χ2v) is 5.56. The van der Waals surface area contributed by atoms with E-state index in [4.69, 9.17) is 5.11 Å². The standard InChI is InChI=1S/C14H12FNO3S/c1-7-5-12(20-8(7)2)13(17)16-11-4-3-9(15)6-10(11)14(18)19/h3-6H,1-2H3,(H,16,17)(H,18,19). The van der Waals surface area contributed by atoms with Gasteiger partial charge in [0.05, 0.1) is 16.1 Å². The molecular formula is C14H12FNO3S. The largest absolute Gasteiger partial charge is 0.478 e. The van der Waals surface area contributed by atoms with E-state index in [9.17, 15) is 14.0 Å². The van der Waals surface area contributed by atoms with Crippen molar-refractivity contribution in [2.45, 2.75) is 13.8 Å². The second kappa shape index (κ2) is 5.42. The number of halogens is 1. The molecule has 0 aliphatic carbocycles. The van der Waals surface area contributed by atoms with E-state index in [1.165, 1.54) is 17.4 Å². The molecule has 4 nitrogen and oxygen atoms in total. The first-order valence-electron chi connectivity index (χ1n) is 5.79. The highest BCUT2D eigenvalue weighted by atomic mass is 32.1. The fourth-order valence-electron chi connectivity index (χ4n) is 1.67. The van der Waals surface area contributed by atoms with Crippen molar-refractivity contribution in [3.05, 3.63) is 51.0 Å². The summed E-state index contributed by atoms with van der Waals surface area (Å²) in [4.78, 5) is 24.6. The van der Waals surface area contributed by atoms with Gasteiger partial charge in [-0.15, -0.1) is 11.3 Å². The van der Waals surface area contributed by atoms with Gasteiger partial charge in [0.15, 0.2) is 0 Å². The molecule has 0 saturated carbocycles. The Morgan fingerprint density at radius 1 is 1.25 bits per heavy atom. The number of amides is 1. The zero-order chi connectivity index (χ0) is 14.9. The lowest BCUT2D eigenvalue weighted by Crippen LogP contribution is -2.13. The maximum Gasteiger partial charge on any atom is 0.337 e. The van der Waals surface area contributed by atoms with Crippen LogP contribution in [0.5, 0.6) is 0 Å². The molecule has 0 bridgehead atoms. The number of thiophene rings is 1. The van der Waals surface area contributed by atoms with E-state index < -0.39 is 17.7 Å². The molecule has 1 aromatic carbocycles. The lowest BCUT2D eigenvalue weighted by Gasteiger charge is -2.07. The van der Waals surface area contributed by atoms with Crippen LogP contribution in [-0.4, -0.2) is 17.0 Å². The van der Waals surface area contributed by atoms with Crippen LogP contribution in [0.2, 0.25) is 0 Å². The van der Waals surface area contributed by atoms with E-state index in [0.717, 1.165) is 22.6 Å². The van der Waals surface area contributed by atoms with Crippen molar-refractivity contribution >= 4 is 28.9 Å². The first-order chi connectivity index (χ1) is 9.38. The lowest BCUT2D eigenvalue weighted by atomic mass is 10.1. The van der Waals surface area contributed by atoms with Crippen molar-refractivity contribution in [3.8, 4) is 0 Å². The number of carboxylic acid groups (broad SMARTS) is 1. The van der Waals surface area contributed by atoms with Crippen LogP contribution in [0, 0.1) is 19.7 Å². The SMILES string of the molecule is Cc1cc(C(=O)Nc2ccc(F)cc2C(=O)O)sc1C. The number of carboxylic acids is 1. The summed E-state index contributed by atoms with van der Waals surface area (Å²) < 4.78 is 13.1. The van der Waals surface area contributed by atoms with E-state index in [1.807, 2.05) is 13.8 Å². The Morgan fingerprint density at radius 2 is 1.95 bits per heavy atom. The molecule has 0 spiro atoms. The van der Waals surface area contributed by atoms with Crippen molar-refractivity contribution < 1.29 is 19.1 Å². The summed E-state index contributed by atoms with van der Waals surface area (Å²) in [5, 5.41) is 11.5. The Hall–Kier alpha value is -2.21. The minimum Gasteiger partial charge on any atom is -0.478 e. The van der Waals surface area contributed by atoms with Crippen LogP contribution in [0.1, 0.15) is 30.5 Å². The van der Waals surface area contributed by atoms with Gasteiger partial charge in [0.2, 0.25) is 0 Å². The molecule has 2 rings (SSSR count). The van der Waals surface area contributed by atoms with Gasteiger partial charge in [-0.1, -0.05) is 0 Å². The van der Waals surface area contributed by atoms with Crippen LogP contribution in [0.4, 0.5) is 10.1 Å². The molecule has 0 unspecified atom stereocenters. The van der Waals surface area contributed by atoms with Crippen molar-refractivity contribution in [3.63, 3.8) is 0 Å². The third-order valence-corrected chi connectivity index (χ3v) is 4.00. The quantitative estimate of drug-likeness (QED) is 0.910. The zero-order valence-electron chi connectivity index (χ0n) is 10.9. The van der Waals surface area contributed by atoms with Gasteiger partial charge in [-0.05, 0) is 43.7 Å². The highest BCUT2D eigenvalue weighted by Crippen LogP contribution is 2.23. The molecule has 2 N–H and O–H groups in total. The molecule has 0 aliphatic rings. The molecule has 2 aromatic rings. The Morgan fingerprint density at radius 3 is 2.50 bits per heavy atom. The summed E-state index contributed by atoms with van der Waals surface area (Å²) in [5.74, 6) is -2.36. The van der Waals surface area contributed by atoms with Gasteiger partial charge in [0.25, 0.3) is 5.91 Å². The van der Waals surface area contributed by atoms with Crippen LogP contribution in [0.25, 0.3) is 0 Å². The lowest BCUT2D eigenvalue weighted by molar-refractivity contribution is 0.0697. The zero-order valence-corrected chi connectivity index (χ0v) is 11.7. The van der Waals surface area contributed by atoms with Crippen molar-refractivity contribution in [1.29, 1.82) is 0 Å². The molecule has 0 atom stereocenters. The number of aryl methyl sites for hydroxylation is 2. The highest BCUT2D eigenvalue weighted by Gasteiger charge is 2.16. The number of carbonyl (C=O) groups excluding carboxylic acids is 1.